The lowest BCUT2D eigenvalue weighted by molar-refractivity contribution is -0.121. The zero-order valence-electron chi connectivity index (χ0n) is 9.08. The van der Waals surface area contributed by atoms with Gasteiger partial charge in [0.25, 0.3) is 0 Å². The lowest BCUT2D eigenvalue weighted by atomic mass is 10.2. The molecule has 0 saturated heterocycles. The van der Waals surface area contributed by atoms with Gasteiger partial charge in [0.05, 0.1) is 0 Å². The molecule has 0 aliphatic carbocycles. The van der Waals surface area contributed by atoms with E-state index in [1.54, 1.807) is 24.3 Å². The number of amides is 1. The van der Waals surface area contributed by atoms with E-state index in [-0.39, 0.29) is 11.7 Å². The fraction of sp³-hybridized carbons (Fsp3) is 0.417. The number of hydrogen-bond donors (Lipinski definition) is 2. The van der Waals surface area contributed by atoms with Crippen molar-refractivity contribution in [3.63, 3.8) is 0 Å². The van der Waals surface area contributed by atoms with E-state index in [0.29, 0.717) is 13.0 Å². The first kappa shape index (κ1) is 13.0. The molecule has 1 aromatic rings. The summed E-state index contributed by atoms with van der Waals surface area (Å²) in [5, 5.41) is 12.9. The van der Waals surface area contributed by atoms with Crippen molar-refractivity contribution in [2.45, 2.75) is 25.8 Å². The van der Waals surface area contributed by atoms with E-state index in [1.165, 1.54) is 0 Å². The summed E-state index contributed by atoms with van der Waals surface area (Å²) in [5.41, 5.74) is 0.992. The van der Waals surface area contributed by atoms with Gasteiger partial charge in [0.1, 0.15) is 5.75 Å². The molecule has 0 atom stereocenters. The number of phenolic OH excluding ortho intramolecular Hbond substituents is 1. The summed E-state index contributed by atoms with van der Waals surface area (Å²) in [4.78, 5) is 11.4. The van der Waals surface area contributed by atoms with Crippen LogP contribution in [0.25, 0.3) is 0 Å². The van der Waals surface area contributed by atoms with Crippen molar-refractivity contribution in [2.24, 2.45) is 0 Å². The summed E-state index contributed by atoms with van der Waals surface area (Å²) >= 11 is 3.33. The summed E-state index contributed by atoms with van der Waals surface area (Å²) in [6.45, 7) is 0.521. The molecule has 3 nitrogen and oxygen atoms in total. The average Bonchev–Trinajstić information content (AvgIpc) is 2.29. The second-order valence-corrected chi connectivity index (χ2v) is 4.38. The molecule has 0 spiro atoms. The lowest BCUT2D eigenvalue weighted by Crippen LogP contribution is -2.22. The number of carbonyl (C=O) groups excluding carboxylic acids is 1. The van der Waals surface area contributed by atoms with Gasteiger partial charge in [-0.15, -0.1) is 0 Å². The highest BCUT2D eigenvalue weighted by atomic mass is 79.9. The number of halogens is 1. The molecule has 1 amide bonds. The monoisotopic (exact) mass is 285 g/mol. The number of carbonyl (C=O) groups is 1. The molecule has 2 N–H and O–H groups in total. The van der Waals surface area contributed by atoms with Gasteiger partial charge in [-0.2, -0.15) is 0 Å². The Labute approximate surface area is 104 Å². The van der Waals surface area contributed by atoms with Crippen molar-refractivity contribution in [1.82, 2.24) is 5.32 Å². The molecule has 0 fully saturated rings. The van der Waals surface area contributed by atoms with E-state index in [9.17, 15) is 4.79 Å². The van der Waals surface area contributed by atoms with Gasteiger partial charge < -0.3 is 10.4 Å². The van der Waals surface area contributed by atoms with Crippen molar-refractivity contribution < 1.29 is 9.90 Å². The second-order valence-electron chi connectivity index (χ2n) is 3.59. The largest absolute Gasteiger partial charge is 0.508 e. The van der Waals surface area contributed by atoms with Gasteiger partial charge in [-0.3, -0.25) is 4.79 Å². The molecule has 0 radical (unpaired) electrons. The number of rotatable bonds is 6. The Kier molecular flexibility index (Phi) is 5.93. The standard InChI is InChI=1S/C12H16BrNO2/c13-8-2-1-3-12(16)14-9-10-4-6-11(15)7-5-10/h4-7,15H,1-3,8-9H2,(H,14,16). The maximum atomic E-state index is 11.4. The summed E-state index contributed by atoms with van der Waals surface area (Å²) in [6, 6.07) is 6.83. The predicted molar refractivity (Wildman–Crippen MR) is 67.6 cm³/mol. The van der Waals surface area contributed by atoms with Crippen molar-refractivity contribution >= 4 is 21.8 Å². The van der Waals surface area contributed by atoms with Gasteiger partial charge >= 0.3 is 0 Å². The molecule has 0 saturated carbocycles. The molecule has 0 heterocycles. The Balaban J connectivity index is 2.23. The maximum Gasteiger partial charge on any atom is 0.220 e. The van der Waals surface area contributed by atoms with Crippen LogP contribution in [-0.2, 0) is 11.3 Å². The normalized spacial score (nSPS) is 10.1. The SMILES string of the molecule is O=C(CCCCBr)NCc1ccc(O)cc1. The van der Waals surface area contributed by atoms with Gasteiger partial charge in [-0.1, -0.05) is 28.1 Å². The molecular weight excluding hydrogens is 270 g/mol. The number of phenols is 1. The van der Waals surface area contributed by atoms with Crippen LogP contribution in [0.3, 0.4) is 0 Å². The van der Waals surface area contributed by atoms with Crippen LogP contribution in [0.5, 0.6) is 5.75 Å². The van der Waals surface area contributed by atoms with Crippen LogP contribution in [0.2, 0.25) is 0 Å². The van der Waals surface area contributed by atoms with E-state index in [2.05, 4.69) is 21.2 Å². The van der Waals surface area contributed by atoms with Crippen molar-refractivity contribution in [3.8, 4) is 5.75 Å². The second kappa shape index (κ2) is 7.28. The fourth-order valence-electron chi connectivity index (χ4n) is 1.28. The third kappa shape index (κ3) is 5.16. The summed E-state index contributed by atoms with van der Waals surface area (Å²) in [5.74, 6) is 0.321. The van der Waals surface area contributed by atoms with Gasteiger partial charge in [0.2, 0.25) is 5.91 Å². The molecule has 0 bridgehead atoms. The first-order valence-corrected chi connectivity index (χ1v) is 6.45. The lowest BCUT2D eigenvalue weighted by Gasteiger charge is -2.05. The highest BCUT2D eigenvalue weighted by molar-refractivity contribution is 9.09. The number of alkyl halides is 1. The molecule has 0 aliphatic heterocycles. The van der Waals surface area contributed by atoms with Crippen LogP contribution in [0, 0.1) is 0 Å². The third-order valence-electron chi connectivity index (χ3n) is 2.21. The Morgan fingerprint density at radius 3 is 2.56 bits per heavy atom. The average molecular weight is 286 g/mol. The summed E-state index contributed by atoms with van der Waals surface area (Å²) < 4.78 is 0. The van der Waals surface area contributed by atoms with E-state index in [1.807, 2.05) is 0 Å². The number of unbranched alkanes of at least 4 members (excludes halogenated alkanes) is 1. The summed E-state index contributed by atoms with van der Waals surface area (Å²) in [6.07, 6.45) is 2.50. The van der Waals surface area contributed by atoms with Crippen LogP contribution in [0.4, 0.5) is 0 Å². The molecule has 88 valence electrons. The third-order valence-corrected chi connectivity index (χ3v) is 2.77. The Morgan fingerprint density at radius 2 is 1.94 bits per heavy atom. The Bertz CT molecular complexity index is 324. The van der Waals surface area contributed by atoms with E-state index in [4.69, 9.17) is 5.11 Å². The van der Waals surface area contributed by atoms with Crippen molar-refractivity contribution in [3.05, 3.63) is 29.8 Å². The smallest absolute Gasteiger partial charge is 0.220 e. The topological polar surface area (TPSA) is 49.3 Å². The highest BCUT2D eigenvalue weighted by Gasteiger charge is 2.00. The Hall–Kier alpha value is -1.03. The maximum absolute atomic E-state index is 11.4. The van der Waals surface area contributed by atoms with Crippen LogP contribution in [0.15, 0.2) is 24.3 Å². The number of hydrogen-bond acceptors (Lipinski definition) is 2. The molecular formula is C12H16BrNO2. The zero-order chi connectivity index (χ0) is 11.8. The van der Waals surface area contributed by atoms with Crippen molar-refractivity contribution in [1.29, 1.82) is 0 Å². The van der Waals surface area contributed by atoms with E-state index < -0.39 is 0 Å². The van der Waals surface area contributed by atoms with E-state index in [0.717, 1.165) is 23.7 Å². The van der Waals surface area contributed by atoms with Gasteiger partial charge in [-0.25, -0.2) is 0 Å². The fourth-order valence-corrected chi connectivity index (χ4v) is 1.68. The number of aromatic hydroxyl groups is 1. The Morgan fingerprint density at radius 1 is 1.25 bits per heavy atom. The van der Waals surface area contributed by atoms with Crippen molar-refractivity contribution in [2.75, 3.05) is 5.33 Å². The molecule has 16 heavy (non-hydrogen) atoms. The minimum Gasteiger partial charge on any atom is -0.508 e. The first-order chi connectivity index (χ1) is 7.72. The van der Waals surface area contributed by atoms with Gasteiger partial charge in [-0.05, 0) is 30.5 Å². The minimum atomic E-state index is 0.0778. The quantitative estimate of drug-likeness (QED) is 0.623. The molecule has 1 aromatic carbocycles. The molecule has 1 rings (SSSR count). The number of nitrogens with one attached hydrogen (secondary N) is 1. The van der Waals surface area contributed by atoms with Crippen LogP contribution >= 0.6 is 15.9 Å². The predicted octanol–water partition coefficient (Wildman–Crippen LogP) is 2.57. The zero-order valence-corrected chi connectivity index (χ0v) is 10.7. The van der Waals surface area contributed by atoms with E-state index >= 15 is 0 Å². The molecule has 0 unspecified atom stereocenters. The molecule has 0 aromatic heterocycles. The molecule has 0 aliphatic rings. The van der Waals surface area contributed by atoms with Crippen LogP contribution in [0.1, 0.15) is 24.8 Å². The summed E-state index contributed by atoms with van der Waals surface area (Å²) in [7, 11) is 0. The van der Waals surface area contributed by atoms with Crippen LogP contribution in [-0.4, -0.2) is 16.3 Å². The number of benzene rings is 1. The van der Waals surface area contributed by atoms with Gasteiger partial charge in [0, 0.05) is 18.3 Å². The highest BCUT2D eigenvalue weighted by Crippen LogP contribution is 2.09. The first-order valence-electron chi connectivity index (χ1n) is 5.33. The molecule has 4 heteroatoms. The minimum absolute atomic E-state index is 0.0778. The van der Waals surface area contributed by atoms with Gasteiger partial charge in [0.15, 0.2) is 0 Å². The van der Waals surface area contributed by atoms with Crippen LogP contribution < -0.4 is 5.32 Å².